The maximum Gasteiger partial charge on any atom is 0.182 e. The molecule has 0 saturated carbocycles. The van der Waals surface area contributed by atoms with E-state index in [1.165, 1.54) is 20.0 Å². The second-order valence-electron chi connectivity index (χ2n) is 4.03. The summed E-state index contributed by atoms with van der Waals surface area (Å²) in [6.07, 6.45) is 4.38. The molecule has 0 radical (unpaired) electrons. The largest absolute Gasteiger partial charge is 0.491 e. The molecule has 0 fully saturated rings. The van der Waals surface area contributed by atoms with Gasteiger partial charge in [-0.2, -0.15) is 0 Å². The van der Waals surface area contributed by atoms with Crippen molar-refractivity contribution in [1.29, 1.82) is 0 Å². The Bertz CT molecular complexity index is 435. The predicted molar refractivity (Wildman–Crippen MR) is 82.7 cm³/mol. The first-order chi connectivity index (χ1) is 9.04. The van der Waals surface area contributed by atoms with Crippen LogP contribution in [0.1, 0.15) is 32.6 Å². The Balaban J connectivity index is 2.87. The zero-order valence-corrected chi connectivity index (χ0v) is 13.9. The summed E-state index contributed by atoms with van der Waals surface area (Å²) in [7, 11) is 1.48. The quantitative estimate of drug-likeness (QED) is 0.329. The van der Waals surface area contributed by atoms with Crippen LogP contribution in [0.2, 0.25) is 20.1 Å². The van der Waals surface area contributed by atoms with Crippen LogP contribution in [0, 0.1) is 0 Å². The molecule has 0 bridgehead atoms. The molecule has 0 aliphatic carbocycles. The fourth-order valence-corrected chi connectivity index (χ4v) is 2.56. The van der Waals surface area contributed by atoms with E-state index in [1.807, 2.05) is 0 Å². The van der Waals surface area contributed by atoms with Gasteiger partial charge in [0.25, 0.3) is 0 Å². The summed E-state index contributed by atoms with van der Waals surface area (Å²) < 4.78 is 10.8. The van der Waals surface area contributed by atoms with Crippen molar-refractivity contribution < 1.29 is 9.47 Å². The number of unbranched alkanes of at least 4 members (excludes halogenated alkanes) is 3. The number of halogens is 4. The normalized spacial score (nSPS) is 10.6. The zero-order valence-electron chi connectivity index (χ0n) is 10.9. The molecule has 0 unspecified atom stereocenters. The lowest BCUT2D eigenvalue weighted by atomic mass is 10.2. The molecule has 0 amide bonds. The lowest BCUT2D eigenvalue weighted by Crippen LogP contribution is -2.01. The Hall–Kier alpha value is -0.0200. The highest BCUT2D eigenvalue weighted by molar-refractivity contribution is 6.53. The average Bonchev–Trinajstić information content (AvgIpc) is 2.41. The third-order valence-corrected chi connectivity index (χ3v) is 4.40. The van der Waals surface area contributed by atoms with Crippen LogP contribution in [0.5, 0.6) is 11.5 Å². The molecular formula is C13H16Cl4O2. The fourth-order valence-electron chi connectivity index (χ4n) is 1.61. The highest BCUT2D eigenvalue weighted by atomic mass is 35.5. The Morgan fingerprint density at radius 2 is 1.37 bits per heavy atom. The van der Waals surface area contributed by atoms with Gasteiger partial charge in [-0.05, 0) is 6.42 Å². The minimum absolute atomic E-state index is 0.170. The number of hydrogen-bond donors (Lipinski definition) is 0. The van der Waals surface area contributed by atoms with Gasteiger partial charge in [-0.1, -0.05) is 72.6 Å². The van der Waals surface area contributed by atoms with Crippen LogP contribution < -0.4 is 9.47 Å². The maximum atomic E-state index is 6.11. The lowest BCUT2D eigenvalue weighted by Gasteiger charge is -2.16. The van der Waals surface area contributed by atoms with Crippen molar-refractivity contribution in [2.75, 3.05) is 13.7 Å². The SMILES string of the molecule is CCCCCCOc1c(Cl)c(Cl)c(Cl)c(Cl)c1OC. The summed E-state index contributed by atoms with van der Waals surface area (Å²) in [6, 6.07) is 0. The second-order valence-corrected chi connectivity index (χ2v) is 5.54. The number of methoxy groups -OCH3 is 1. The van der Waals surface area contributed by atoms with Crippen molar-refractivity contribution in [2.24, 2.45) is 0 Å². The average molecular weight is 346 g/mol. The van der Waals surface area contributed by atoms with Gasteiger partial charge in [0.15, 0.2) is 11.5 Å². The van der Waals surface area contributed by atoms with E-state index in [1.54, 1.807) is 0 Å². The van der Waals surface area contributed by atoms with Crippen LogP contribution in [0.3, 0.4) is 0 Å². The monoisotopic (exact) mass is 344 g/mol. The van der Waals surface area contributed by atoms with Crippen LogP contribution in [0.15, 0.2) is 0 Å². The molecule has 0 heterocycles. The molecule has 1 aromatic rings. The molecule has 0 aliphatic rings. The Morgan fingerprint density at radius 3 is 1.89 bits per heavy atom. The molecule has 2 nitrogen and oxygen atoms in total. The summed E-state index contributed by atoms with van der Waals surface area (Å²) in [5.41, 5.74) is 0. The van der Waals surface area contributed by atoms with E-state index in [4.69, 9.17) is 55.9 Å². The Morgan fingerprint density at radius 1 is 0.789 bits per heavy atom. The first kappa shape index (κ1) is 17.0. The van der Waals surface area contributed by atoms with Crippen molar-refractivity contribution in [3.8, 4) is 11.5 Å². The van der Waals surface area contributed by atoms with E-state index < -0.39 is 0 Å². The highest BCUT2D eigenvalue weighted by Gasteiger charge is 2.22. The number of rotatable bonds is 7. The number of benzene rings is 1. The minimum Gasteiger partial charge on any atom is -0.491 e. The summed E-state index contributed by atoms with van der Waals surface area (Å²) in [5.74, 6) is 0.664. The predicted octanol–water partition coefficient (Wildman–Crippen LogP) is 6.27. The third-order valence-electron chi connectivity index (χ3n) is 2.63. The molecule has 0 atom stereocenters. The molecule has 1 aromatic carbocycles. The van der Waals surface area contributed by atoms with Crippen molar-refractivity contribution in [3.05, 3.63) is 20.1 Å². The lowest BCUT2D eigenvalue weighted by molar-refractivity contribution is 0.285. The van der Waals surface area contributed by atoms with Gasteiger partial charge >= 0.3 is 0 Å². The first-order valence-corrected chi connectivity index (χ1v) is 7.58. The zero-order chi connectivity index (χ0) is 14.4. The molecule has 0 aromatic heterocycles. The fraction of sp³-hybridized carbons (Fsp3) is 0.538. The van der Waals surface area contributed by atoms with E-state index in [0.29, 0.717) is 18.1 Å². The third kappa shape index (κ3) is 4.22. The second kappa shape index (κ2) is 8.31. The molecule has 108 valence electrons. The van der Waals surface area contributed by atoms with E-state index in [9.17, 15) is 0 Å². The molecule has 19 heavy (non-hydrogen) atoms. The Labute approximate surface area is 133 Å². The maximum absolute atomic E-state index is 6.11. The van der Waals surface area contributed by atoms with Crippen molar-refractivity contribution >= 4 is 46.4 Å². The highest BCUT2D eigenvalue weighted by Crippen LogP contribution is 2.50. The van der Waals surface area contributed by atoms with E-state index >= 15 is 0 Å². The number of ether oxygens (including phenoxy) is 2. The smallest absolute Gasteiger partial charge is 0.182 e. The van der Waals surface area contributed by atoms with Gasteiger partial charge in [0.05, 0.1) is 23.8 Å². The van der Waals surface area contributed by atoms with E-state index in [-0.39, 0.29) is 20.1 Å². The van der Waals surface area contributed by atoms with Crippen molar-refractivity contribution in [1.82, 2.24) is 0 Å². The first-order valence-electron chi connectivity index (χ1n) is 6.07. The van der Waals surface area contributed by atoms with Crippen LogP contribution in [-0.4, -0.2) is 13.7 Å². The summed E-state index contributed by atoms with van der Waals surface area (Å²) in [4.78, 5) is 0. The molecule has 1 rings (SSSR count). The van der Waals surface area contributed by atoms with E-state index in [2.05, 4.69) is 6.92 Å². The minimum atomic E-state index is 0.170. The number of hydrogen-bond acceptors (Lipinski definition) is 2. The summed E-state index contributed by atoms with van der Waals surface area (Å²) >= 11 is 24.1. The van der Waals surface area contributed by atoms with Gasteiger partial charge in [-0.15, -0.1) is 0 Å². The molecule has 0 N–H and O–H groups in total. The molecule has 0 spiro atoms. The van der Waals surface area contributed by atoms with Crippen molar-refractivity contribution in [2.45, 2.75) is 32.6 Å². The van der Waals surface area contributed by atoms with Gasteiger partial charge in [-0.3, -0.25) is 0 Å². The van der Waals surface area contributed by atoms with Gasteiger partial charge in [0.1, 0.15) is 10.0 Å². The van der Waals surface area contributed by atoms with Crippen LogP contribution in [0.4, 0.5) is 0 Å². The summed E-state index contributed by atoms with van der Waals surface area (Å²) in [5, 5.41) is 0.784. The van der Waals surface area contributed by atoms with E-state index in [0.717, 1.165) is 12.8 Å². The topological polar surface area (TPSA) is 18.5 Å². The van der Waals surface area contributed by atoms with Crippen LogP contribution in [-0.2, 0) is 0 Å². The summed E-state index contributed by atoms with van der Waals surface area (Å²) in [6.45, 7) is 2.68. The molecular weight excluding hydrogens is 330 g/mol. The van der Waals surface area contributed by atoms with Crippen LogP contribution >= 0.6 is 46.4 Å². The van der Waals surface area contributed by atoms with Gasteiger partial charge < -0.3 is 9.47 Å². The van der Waals surface area contributed by atoms with Gasteiger partial charge in [-0.25, -0.2) is 0 Å². The van der Waals surface area contributed by atoms with Crippen LogP contribution in [0.25, 0.3) is 0 Å². The standard InChI is InChI=1S/C13H16Cl4O2/c1-3-4-5-6-7-19-13-11(17)9(15)8(14)10(16)12(13)18-2/h3-7H2,1-2H3. The molecule has 6 heteroatoms. The van der Waals surface area contributed by atoms with Gasteiger partial charge in [0.2, 0.25) is 0 Å². The Kier molecular flexibility index (Phi) is 7.45. The van der Waals surface area contributed by atoms with Gasteiger partial charge in [0, 0.05) is 0 Å². The van der Waals surface area contributed by atoms with Crippen molar-refractivity contribution in [3.63, 3.8) is 0 Å². The molecule has 0 aliphatic heterocycles. The molecule has 0 saturated heterocycles.